The highest BCUT2D eigenvalue weighted by molar-refractivity contribution is 5.87. The lowest BCUT2D eigenvalue weighted by atomic mass is 9.72. The number of fused-ring (bicyclic) bond motifs is 1. The molecule has 0 fully saturated rings. The molecule has 2 aromatic carbocycles. The van der Waals surface area contributed by atoms with Crippen molar-refractivity contribution in [2.75, 3.05) is 0 Å². The quantitative estimate of drug-likeness (QED) is 0.381. The Kier molecular flexibility index (Phi) is 5.83. The Morgan fingerprint density at radius 3 is 2.28 bits per heavy atom. The molecule has 1 atom stereocenters. The van der Waals surface area contributed by atoms with Crippen molar-refractivity contribution >= 4 is 11.6 Å². The standard InChI is InChI=1S/C27H29N3O2/c1-5-16-27(6-2,26(31)32)23-19(4)29-25-22(20-10-8-7-9-11-20)17-28-30(25)24(23)21-14-12-18(3)13-15-21/h7-15,17H,5-6,16H2,1-4H3,(H,31,32). The average molecular weight is 428 g/mol. The first-order valence-corrected chi connectivity index (χ1v) is 11.2. The predicted molar refractivity (Wildman–Crippen MR) is 128 cm³/mol. The lowest BCUT2D eigenvalue weighted by Crippen LogP contribution is -2.37. The van der Waals surface area contributed by atoms with Gasteiger partial charge in [-0.1, -0.05) is 80.4 Å². The number of benzene rings is 2. The Morgan fingerprint density at radius 1 is 1.00 bits per heavy atom. The Bertz CT molecular complexity index is 1260. The Balaban J connectivity index is 2.13. The average Bonchev–Trinajstić information content (AvgIpc) is 3.21. The van der Waals surface area contributed by atoms with Gasteiger partial charge in [-0.3, -0.25) is 4.79 Å². The molecule has 2 aromatic heterocycles. The largest absolute Gasteiger partial charge is 0.481 e. The third-order valence-corrected chi connectivity index (χ3v) is 6.41. The zero-order valence-corrected chi connectivity index (χ0v) is 19.1. The van der Waals surface area contributed by atoms with E-state index < -0.39 is 11.4 Å². The summed E-state index contributed by atoms with van der Waals surface area (Å²) in [7, 11) is 0. The van der Waals surface area contributed by atoms with Gasteiger partial charge in [0.25, 0.3) is 0 Å². The van der Waals surface area contributed by atoms with Crippen LogP contribution in [-0.4, -0.2) is 25.7 Å². The summed E-state index contributed by atoms with van der Waals surface area (Å²) < 4.78 is 1.83. The Hall–Kier alpha value is -3.47. The van der Waals surface area contributed by atoms with E-state index in [4.69, 9.17) is 10.1 Å². The molecule has 32 heavy (non-hydrogen) atoms. The van der Waals surface area contributed by atoms with Gasteiger partial charge < -0.3 is 5.11 Å². The van der Waals surface area contributed by atoms with E-state index in [1.807, 2.05) is 80.9 Å². The second-order valence-electron chi connectivity index (χ2n) is 8.44. The number of carbonyl (C=O) groups is 1. The van der Waals surface area contributed by atoms with Gasteiger partial charge >= 0.3 is 5.97 Å². The van der Waals surface area contributed by atoms with Crippen molar-refractivity contribution in [3.8, 4) is 22.4 Å². The van der Waals surface area contributed by atoms with Crippen LogP contribution in [0.1, 0.15) is 49.9 Å². The number of aryl methyl sites for hydroxylation is 2. The molecule has 1 unspecified atom stereocenters. The molecule has 164 valence electrons. The molecule has 0 aliphatic rings. The molecule has 2 heterocycles. The van der Waals surface area contributed by atoms with Crippen molar-refractivity contribution in [3.63, 3.8) is 0 Å². The zero-order valence-electron chi connectivity index (χ0n) is 19.1. The number of carboxylic acids is 1. The summed E-state index contributed by atoms with van der Waals surface area (Å²) in [5.74, 6) is -0.810. The van der Waals surface area contributed by atoms with Gasteiger partial charge in [0, 0.05) is 22.4 Å². The third kappa shape index (κ3) is 3.48. The van der Waals surface area contributed by atoms with Crippen LogP contribution in [0.5, 0.6) is 0 Å². The highest BCUT2D eigenvalue weighted by atomic mass is 16.4. The second-order valence-corrected chi connectivity index (χ2v) is 8.44. The summed E-state index contributed by atoms with van der Waals surface area (Å²) >= 11 is 0. The molecule has 4 aromatic rings. The Morgan fingerprint density at radius 2 is 1.69 bits per heavy atom. The van der Waals surface area contributed by atoms with Gasteiger partial charge in [0.1, 0.15) is 0 Å². The van der Waals surface area contributed by atoms with Crippen LogP contribution in [-0.2, 0) is 10.2 Å². The monoisotopic (exact) mass is 427 g/mol. The highest BCUT2D eigenvalue weighted by Gasteiger charge is 2.42. The first kappa shape index (κ1) is 21.8. The molecule has 0 amide bonds. The van der Waals surface area contributed by atoms with Crippen LogP contribution in [0.3, 0.4) is 0 Å². The lowest BCUT2D eigenvalue weighted by molar-refractivity contribution is -0.144. The van der Waals surface area contributed by atoms with E-state index in [0.29, 0.717) is 12.8 Å². The fourth-order valence-electron chi connectivity index (χ4n) is 4.75. The summed E-state index contributed by atoms with van der Waals surface area (Å²) in [6, 6.07) is 18.3. The molecular weight excluding hydrogens is 398 g/mol. The second kappa shape index (κ2) is 8.58. The van der Waals surface area contributed by atoms with Crippen molar-refractivity contribution < 1.29 is 9.90 Å². The fourth-order valence-corrected chi connectivity index (χ4v) is 4.75. The van der Waals surface area contributed by atoms with Crippen molar-refractivity contribution in [1.29, 1.82) is 0 Å². The number of aliphatic carboxylic acids is 1. The predicted octanol–water partition coefficient (Wildman–Crippen LogP) is 6.21. The van der Waals surface area contributed by atoms with E-state index >= 15 is 0 Å². The van der Waals surface area contributed by atoms with Gasteiger partial charge in [0.2, 0.25) is 0 Å². The minimum Gasteiger partial charge on any atom is -0.481 e. The first-order valence-electron chi connectivity index (χ1n) is 11.2. The number of carboxylic acid groups (broad SMARTS) is 1. The topological polar surface area (TPSA) is 67.5 Å². The molecule has 5 heteroatoms. The van der Waals surface area contributed by atoms with Gasteiger partial charge in [0.15, 0.2) is 5.65 Å². The van der Waals surface area contributed by atoms with E-state index in [0.717, 1.165) is 51.3 Å². The fraction of sp³-hybridized carbons (Fsp3) is 0.296. The SMILES string of the molecule is CCCC(CC)(C(=O)O)c1c(C)nc2c(-c3ccccc3)cnn2c1-c1ccc(C)cc1. The van der Waals surface area contributed by atoms with Gasteiger partial charge in [-0.2, -0.15) is 5.10 Å². The van der Waals surface area contributed by atoms with E-state index in [2.05, 4.69) is 12.1 Å². The van der Waals surface area contributed by atoms with Crippen molar-refractivity contribution in [3.05, 3.63) is 77.6 Å². The lowest BCUT2D eigenvalue weighted by Gasteiger charge is -2.32. The summed E-state index contributed by atoms with van der Waals surface area (Å²) in [6.07, 6.45) is 3.61. The van der Waals surface area contributed by atoms with Gasteiger partial charge in [-0.15, -0.1) is 0 Å². The normalized spacial score (nSPS) is 13.2. The molecule has 0 bridgehead atoms. The van der Waals surface area contributed by atoms with Gasteiger partial charge in [-0.25, -0.2) is 9.50 Å². The number of hydrogen-bond acceptors (Lipinski definition) is 3. The van der Waals surface area contributed by atoms with Crippen molar-refractivity contribution in [1.82, 2.24) is 14.6 Å². The maximum Gasteiger partial charge on any atom is 0.314 e. The van der Waals surface area contributed by atoms with E-state index in [-0.39, 0.29) is 0 Å². The van der Waals surface area contributed by atoms with E-state index in [9.17, 15) is 9.90 Å². The van der Waals surface area contributed by atoms with Crippen LogP contribution in [0.4, 0.5) is 0 Å². The molecule has 5 nitrogen and oxygen atoms in total. The molecular formula is C27H29N3O2. The highest BCUT2D eigenvalue weighted by Crippen LogP contribution is 2.42. The van der Waals surface area contributed by atoms with Crippen LogP contribution < -0.4 is 0 Å². The molecule has 4 rings (SSSR count). The summed E-state index contributed by atoms with van der Waals surface area (Å²) in [4.78, 5) is 17.7. The van der Waals surface area contributed by atoms with Gasteiger partial charge in [-0.05, 0) is 32.3 Å². The summed E-state index contributed by atoms with van der Waals surface area (Å²) in [5, 5.41) is 15.2. The van der Waals surface area contributed by atoms with Crippen molar-refractivity contribution in [2.24, 2.45) is 0 Å². The van der Waals surface area contributed by atoms with Crippen LogP contribution in [0.15, 0.2) is 60.8 Å². The van der Waals surface area contributed by atoms with Crippen LogP contribution in [0.25, 0.3) is 28.0 Å². The first-order chi connectivity index (χ1) is 15.4. The maximum absolute atomic E-state index is 12.7. The van der Waals surface area contributed by atoms with E-state index in [1.54, 1.807) is 0 Å². The molecule has 0 saturated heterocycles. The number of nitrogens with zero attached hydrogens (tertiary/aromatic N) is 3. The minimum absolute atomic E-state index is 0.482. The van der Waals surface area contributed by atoms with Crippen LogP contribution >= 0.6 is 0 Å². The zero-order chi connectivity index (χ0) is 22.9. The van der Waals surface area contributed by atoms with Crippen LogP contribution in [0.2, 0.25) is 0 Å². The molecule has 0 spiro atoms. The van der Waals surface area contributed by atoms with Crippen LogP contribution in [0, 0.1) is 13.8 Å². The number of rotatable bonds is 7. The molecule has 0 aliphatic carbocycles. The molecule has 0 aliphatic heterocycles. The molecule has 0 saturated carbocycles. The summed E-state index contributed by atoms with van der Waals surface area (Å²) in [5.41, 5.74) is 6.07. The third-order valence-electron chi connectivity index (χ3n) is 6.41. The number of aromatic nitrogens is 3. The van der Waals surface area contributed by atoms with Gasteiger partial charge in [0.05, 0.1) is 17.3 Å². The smallest absolute Gasteiger partial charge is 0.314 e. The minimum atomic E-state index is -1.03. The summed E-state index contributed by atoms with van der Waals surface area (Å²) in [6.45, 7) is 7.95. The van der Waals surface area contributed by atoms with Crippen molar-refractivity contribution in [2.45, 2.75) is 52.4 Å². The number of hydrogen-bond donors (Lipinski definition) is 1. The Labute approximate surface area is 188 Å². The maximum atomic E-state index is 12.7. The molecule has 1 N–H and O–H groups in total. The molecule has 0 radical (unpaired) electrons. The van der Waals surface area contributed by atoms with E-state index in [1.165, 1.54) is 0 Å².